The Labute approximate surface area is 124 Å². The number of hydrogen-bond donors (Lipinski definition) is 3. The maximum absolute atomic E-state index is 8.98. The SMILES string of the molecule is N=N/C(=C\Nc1ccc(CO)cc1)COC1CCCCO1. The number of rotatable bonds is 7. The van der Waals surface area contributed by atoms with Crippen LogP contribution in [-0.4, -0.2) is 24.6 Å². The van der Waals surface area contributed by atoms with Crippen LogP contribution < -0.4 is 5.32 Å². The lowest BCUT2D eigenvalue weighted by Gasteiger charge is -2.22. The van der Waals surface area contributed by atoms with Crippen molar-refractivity contribution in [2.45, 2.75) is 32.2 Å². The zero-order chi connectivity index (χ0) is 14.9. The molecule has 0 amide bonds. The molecule has 6 nitrogen and oxygen atoms in total. The van der Waals surface area contributed by atoms with Crippen LogP contribution in [0, 0.1) is 5.53 Å². The van der Waals surface area contributed by atoms with Crippen molar-refractivity contribution in [2.24, 2.45) is 5.11 Å². The summed E-state index contributed by atoms with van der Waals surface area (Å²) in [7, 11) is 0. The molecule has 1 aliphatic rings. The maximum atomic E-state index is 8.98. The van der Waals surface area contributed by atoms with E-state index in [0.717, 1.165) is 37.1 Å². The summed E-state index contributed by atoms with van der Waals surface area (Å²) in [4.78, 5) is 0. The summed E-state index contributed by atoms with van der Waals surface area (Å²) in [5, 5.41) is 15.5. The number of ether oxygens (including phenoxy) is 2. The lowest BCUT2D eigenvalue weighted by Crippen LogP contribution is -2.23. The molecule has 1 aromatic carbocycles. The van der Waals surface area contributed by atoms with Gasteiger partial charge in [0, 0.05) is 18.5 Å². The van der Waals surface area contributed by atoms with Crippen LogP contribution in [0.2, 0.25) is 0 Å². The molecule has 1 heterocycles. The van der Waals surface area contributed by atoms with Gasteiger partial charge in [0.15, 0.2) is 6.29 Å². The highest BCUT2D eigenvalue weighted by molar-refractivity contribution is 5.47. The van der Waals surface area contributed by atoms with Gasteiger partial charge >= 0.3 is 0 Å². The summed E-state index contributed by atoms with van der Waals surface area (Å²) in [6.45, 7) is 1.01. The minimum atomic E-state index is -0.187. The van der Waals surface area contributed by atoms with Gasteiger partial charge < -0.3 is 19.9 Å². The van der Waals surface area contributed by atoms with Crippen molar-refractivity contribution in [1.82, 2.24) is 0 Å². The molecule has 114 valence electrons. The van der Waals surface area contributed by atoms with Gasteiger partial charge in [-0.15, -0.1) is 0 Å². The van der Waals surface area contributed by atoms with Crippen molar-refractivity contribution in [3.63, 3.8) is 0 Å². The third kappa shape index (κ3) is 5.26. The molecule has 0 spiro atoms. The molecule has 0 saturated carbocycles. The summed E-state index contributed by atoms with van der Waals surface area (Å²) >= 11 is 0. The molecule has 1 atom stereocenters. The van der Waals surface area contributed by atoms with Gasteiger partial charge in [-0.3, -0.25) is 0 Å². The molecule has 1 unspecified atom stereocenters. The largest absolute Gasteiger partial charge is 0.392 e. The second-order valence-corrected chi connectivity index (χ2v) is 4.85. The van der Waals surface area contributed by atoms with Crippen molar-refractivity contribution in [3.05, 3.63) is 41.7 Å². The van der Waals surface area contributed by atoms with Gasteiger partial charge in [0.2, 0.25) is 0 Å². The molecule has 21 heavy (non-hydrogen) atoms. The zero-order valence-electron chi connectivity index (χ0n) is 11.9. The fourth-order valence-electron chi connectivity index (χ4n) is 2.00. The molecule has 3 N–H and O–H groups in total. The van der Waals surface area contributed by atoms with Crippen molar-refractivity contribution in [3.8, 4) is 0 Å². The van der Waals surface area contributed by atoms with E-state index in [1.54, 1.807) is 6.20 Å². The summed E-state index contributed by atoms with van der Waals surface area (Å²) in [5.41, 5.74) is 9.38. The van der Waals surface area contributed by atoms with Crippen molar-refractivity contribution in [1.29, 1.82) is 5.53 Å². The Bertz CT molecular complexity index is 468. The Hall–Kier alpha value is -1.76. The standard InChI is InChI=1S/C15H21N3O3/c16-18-14(11-21-15-3-1-2-8-20-15)9-17-13-6-4-12(10-19)5-7-13/h4-7,9,15-17,19H,1-3,8,10-11H2/b14-9-,18-16?. The first kappa shape index (κ1) is 15.6. The van der Waals surface area contributed by atoms with Crippen LogP contribution in [0.5, 0.6) is 0 Å². The van der Waals surface area contributed by atoms with Gasteiger partial charge in [-0.1, -0.05) is 12.1 Å². The van der Waals surface area contributed by atoms with Crippen LogP contribution in [0.3, 0.4) is 0 Å². The van der Waals surface area contributed by atoms with Crippen LogP contribution in [0.4, 0.5) is 5.69 Å². The monoisotopic (exact) mass is 291 g/mol. The average Bonchev–Trinajstić information content (AvgIpc) is 2.56. The minimum absolute atomic E-state index is 0.0264. The van der Waals surface area contributed by atoms with Gasteiger partial charge in [-0.05, 0) is 37.0 Å². The molecule has 2 rings (SSSR count). The van der Waals surface area contributed by atoms with Gasteiger partial charge in [0.25, 0.3) is 0 Å². The first-order chi connectivity index (χ1) is 10.3. The Kier molecular flexibility index (Phi) is 6.33. The molecule has 0 bridgehead atoms. The lowest BCUT2D eigenvalue weighted by atomic mass is 10.2. The number of benzene rings is 1. The van der Waals surface area contributed by atoms with Gasteiger partial charge in [-0.2, -0.15) is 5.11 Å². The Morgan fingerprint density at radius 2 is 2.24 bits per heavy atom. The predicted octanol–water partition coefficient (Wildman–Crippen LogP) is 3.01. The summed E-state index contributed by atoms with van der Waals surface area (Å²) in [5.74, 6) is 0. The molecular formula is C15H21N3O3. The van der Waals surface area contributed by atoms with Gasteiger partial charge in [-0.25, -0.2) is 5.53 Å². The third-order valence-corrected chi connectivity index (χ3v) is 3.24. The summed E-state index contributed by atoms with van der Waals surface area (Å²) in [6.07, 6.45) is 4.53. The number of hydrogen-bond acceptors (Lipinski definition) is 6. The highest BCUT2D eigenvalue weighted by atomic mass is 16.7. The van der Waals surface area contributed by atoms with Crippen LogP contribution in [0.15, 0.2) is 41.3 Å². The van der Waals surface area contributed by atoms with E-state index in [4.69, 9.17) is 20.1 Å². The average molecular weight is 291 g/mol. The number of nitrogens with zero attached hydrogens (tertiary/aromatic N) is 1. The summed E-state index contributed by atoms with van der Waals surface area (Å²) < 4.78 is 11.0. The fraction of sp³-hybridized carbons (Fsp3) is 0.467. The first-order valence-corrected chi connectivity index (χ1v) is 7.08. The predicted molar refractivity (Wildman–Crippen MR) is 78.8 cm³/mol. The van der Waals surface area contributed by atoms with E-state index in [1.807, 2.05) is 24.3 Å². The van der Waals surface area contributed by atoms with Crippen molar-refractivity contribution >= 4 is 5.69 Å². The van der Waals surface area contributed by atoms with Crippen LogP contribution in [-0.2, 0) is 16.1 Å². The maximum Gasteiger partial charge on any atom is 0.158 e. The van der Waals surface area contributed by atoms with E-state index in [2.05, 4.69) is 10.4 Å². The quantitative estimate of drug-likeness (QED) is 0.674. The van der Waals surface area contributed by atoms with E-state index in [0.29, 0.717) is 5.70 Å². The van der Waals surface area contributed by atoms with Crippen molar-refractivity contribution in [2.75, 3.05) is 18.5 Å². The van der Waals surface area contributed by atoms with E-state index in [1.165, 1.54) is 0 Å². The topological polar surface area (TPSA) is 86.9 Å². The fourth-order valence-corrected chi connectivity index (χ4v) is 2.00. The Balaban J connectivity index is 1.82. The molecule has 0 radical (unpaired) electrons. The lowest BCUT2D eigenvalue weighted by molar-refractivity contribution is -0.157. The Morgan fingerprint density at radius 3 is 2.86 bits per heavy atom. The van der Waals surface area contributed by atoms with Crippen LogP contribution >= 0.6 is 0 Å². The molecule has 1 fully saturated rings. The third-order valence-electron chi connectivity index (χ3n) is 3.24. The molecule has 0 aromatic heterocycles. The number of aliphatic hydroxyl groups is 1. The molecule has 6 heteroatoms. The van der Waals surface area contributed by atoms with E-state index < -0.39 is 0 Å². The van der Waals surface area contributed by atoms with E-state index in [9.17, 15) is 0 Å². The highest BCUT2D eigenvalue weighted by Gasteiger charge is 2.14. The second-order valence-electron chi connectivity index (χ2n) is 4.85. The van der Waals surface area contributed by atoms with Crippen molar-refractivity contribution < 1.29 is 14.6 Å². The van der Waals surface area contributed by atoms with Crippen LogP contribution in [0.25, 0.3) is 0 Å². The van der Waals surface area contributed by atoms with E-state index in [-0.39, 0.29) is 19.5 Å². The van der Waals surface area contributed by atoms with Gasteiger partial charge in [0.05, 0.1) is 13.2 Å². The number of aliphatic hydroxyl groups excluding tert-OH is 1. The first-order valence-electron chi connectivity index (χ1n) is 7.08. The molecule has 1 saturated heterocycles. The Morgan fingerprint density at radius 1 is 1.43 bits per heavy atom. The van der Waals surface area contributed by atoms with Crippen LogP contribution in [0.1, 0.15) is 24.8 Å². The zero-order valence-corrected chi connectivity index (χ0v) is 11.9. The van der Waals surface area contributed by atoms with E-state index >= 15 is 0 Å². The molecule has 1 aromatic rings. The normalized spacial score (nSPS) is 19.3. The highest BCUT2D eigenvalue weighted by Crippen LogP contribution is 2.15. The number of anilines is 1. The second kappa shape index (κ2) is 8.51. The molecule has 1 aliphatic heterocycles. The smallest absolute Gasteiger partial charge is 0.158 e. The molecule has 0 aliphatic carbocycles. The minimum Gasteiger partial charge on any atom is -0.392 e. The number of nitrogens with one attached hydrogen (secondary N) is 2. The summed E-state index contributed by atoms with van der Waals surface area (Å²) in [6, 6.07) is 7.38. The van der Waals surface area contributed by atoms with Gasteiger partial charge in [0.1, 0.15) is 5.70 Å². The molecular weight excluding hydrogens is 270 g/mol.